The van der Waals surface area contributed by atoms with Crippen LogP contribution >= 0.6 is 0 Å². The highest BCUT2D eigenvalue weighted by Gasteiger charge is 2.31. The molecule has 0 spiro atoms. The molecular weight excluding hydrogens is 260 g/mol. The van der Waals surface area contributed by atoms with E-state index in [1.54, 1.807) is 4.31 Å². The van der Waals surface area contributed by atoms with E-state index in [2.05, 4.69) is 4.90 Å². The molecule has 0 amide bonds. The summed E-state index contributed by atoms with van der Waals surface area (Å²) >= 11 is 0. The number of hydrogen-bond acceptors (Lipinski definition) is 3. The van der Waals surface area contributed by atoms with E-state index in [4.69, 9.17) is 0 Å². The zero-order valence-electron chi connectivity index (χ0n) is 12.3. The summed E-state index contributed by atoms with van der Waals surface area (Å²) in [4.78, 5) is 2.16. The normalized spacial score (nSPS) is 27.8. The maximum absolute atomic E-state index is 12.5. The molecule has 1 aliphatic heterocycles. The molecule has 2 rings (SSSR count). The molecule has 0 aromatic carbocycles. The molecule has 5 heteroatoms. The summed E-state index contributed by atoms with van der Waals surface area (Å²) in [7, 11) is 1.04. The third kappa shape index (κ3) is 4.17. The van der Waals surface area contributed by atoms with Crippen LogP contribution < -0.4 is 0 Å². The van der Waals surface area contributed by atoms with Crippen molar-refractivity contribution in [3.8, 4) is 0 Å². The first-order chi connectivity index (χ1) is 8.99. The standard InChI is InChI=1S/C14H28N2O2S/c1-15(2)14-9-6-10-16(11-14)19(17,18)12-13-7-4-3-5-8-13/h13-14H,3-12H2,1-2H3. The molecule has 1 atom stereocenters. The van der Waals surface area contributed by atoms with E-state index in [1.165, 1.54) is 19.3 Å². The van der Waals surface area contributed by atoms with E-state index in [-0.39, 0.29) is 0 Å². The van der Waals surface area contributed by atoms with Gasteiger partial charge in [0, 0.05) is 19.1 Å². The molecule has 0 N–H and O–H groups in total. The molecule has 1 unspecified atom stereocenters. The minimum absolute atomic E-state index is 0.382. The van der Waals surface area contributed by atoms with Crippen molar-refractivity contribution in [3.05, 3.63) is 0 Å². The van der Waals surface area contributed by atoms with Crippen LogP contribution in [0.3, 0.4) is 0 Å². The number of likely N-dealkylation sites (N-methyl/N-ethyl adjacent to an activating group) is 1. The van der Waals surface area contributed by atoms with Gasteiger partial charge >= 0.3 is 0 Å². The van der Waals surface area contributed by atoms with Crippen LogP contribution in [0.25, 0.3) is 0 Å². The average molecular weight is 288 g/mol. The Hall–Kier alpha value is -0.130. The Morgan fingerprint density at radius 3 is 2.37 bits per heavy atom. The van der Waals surface area contributed by atoms with Gasteiger partial charge in [-0.1, -0.05) is 19.3 Å². The Balaban J connectivity index is 1.94. The first-order valence-electron chi connectivity index (χ1n) is 7.63. The van der Waals surface area contributed by atoms with E-state index in [1.807, 2.05) is 14.1 Å². The molecule has 0 radical (unpaired) electrons. The van der Waals surface area contributed by atoms with Crippen molar-refractivity contribution in [3.63, 3.8) is 0 Å². The van der Waals surface area contributed by atoms with E-state index >= 15 is 0 Å². The van der Waals surface area contributed by atoms with Crippen LogP contribution in [0.5, 0.6) is 0 Å². The van der Waals surface area contributed by atoms with Gasteiger partial charge in [0.1, 0.15) is 0 Å². The minimum atomic E-state index is -3.04. The average Bonchev–Trinajstić information content (AvgIpc) is 2.39. The molecule has 112 valence electrons. The molecular formula is C14H28N2O2S. The van der Waals surface area contributed by atoms with Crippen molar-refractivity contribution in [1.82, 2.24) is 9.21 Å². The Bertz CT molecular complexity index is 375. The predicted octanol–water partition coefficient (Wildman–Crippen LogP) is 1.92. The summed E-state index contributed by atoms with van der Waals surface area (Å²) in [5.41, 5.74) is 0. The molecule has 1 saturated heterocycles. The van der Waals surface area contributed by atoms with Crippen molar-refractivity contribution >= 4 is 10.0 Å². The summed E-state index contributed by atoms with van der Waals surface area (Å²) in [6.07, 6.45) is 8.01. The second kappa shape index (κ2) is 6.55. The van der Waals surface area contributed by atoms with E-state index in [0.717, 1.165) is 32.2 Å². The Morgan fingerprint density at radius 2 is 1.74 bits per heavy atom. The fraction of sp³-hybridized carbons (Fsp3) is 1.00. The lowest BCUT2D eigenvalue weighted by Gasteiger charge is -2.36. The number of sulfonamides is 1. The monoisotopic (exact) mass is 288 g/mol. The highest BCUT2D eigenvalue weighted by atomic mass is 32.2. The van der Waals surface area contributed by atoms with Gasteiger partial charge in [-0.3, -0.25) is 0 Å². The SMILES string of the molecule is CN(C)C1CCCN(S(=O)(=O)CC2CCCCC2)C1. The van der Waals surface area contributed by atoms with Crippen LogP contribution in [-0.2, 0) is 10.0 Å². The van der Waals surface area contributed by atoms with Gasteiger partial charge in [-0.2, -0.15) is 0 Å². The fourth-order valence-corrected chi connectivity index (χ4v) is 5.30. The molecule has 0 bridgehead atoms. The quantitative estimate of drug-likeness (QED) is 0.793. The predicted molar refractivity (Wildman–Crippen MR) is 78.6 cm³/mol. The van der Waals surface area contributed by atoms with Gasteiger partial charge in [0.25, 0.3) is 0 Å². The lowest BCUT2D eigenvalue weighted by atomic mass is 9.91. The Labute approximate surface area is 118 Å². The highest BCUT2D eigenvalue weighted by Crippen LogP contribution is 2.27. The van der Waals surface area contributed by atoms with Crippen molar-refractivity contribution in [2.75, 3.05) is 32.9 Å². The molecule has 2 fully saturated rings. The highest BCUT2D eigenvalue weighted by molar-refractivity contribution is 7.89. The number of nitrogens with zero attached hydrogens (tertiary/aromatic N) is 2. The van der Waals surface area contributed by atoms with Gasteiger partial charge in [-0.15, -0.1) is 0 Å². The number of rotatable bonds is 4. The third-order valence-electron chi connectivity index (χ3n) is 4.65. The number of hydrogen-bond donors (Lipinski definition) is 0. The van der Waals surface area contributed by atoms with E-state index in [0.29, 0.717) is 24.3 Å². The second-order valence-corrected chi connectivity index (χ2v) is 8.41. The van der Waals surface area contributed by atoms with E-state index < -0.39 is 10.0 Å². The van der Waals surface area contributed by atoms with Crippen LogP contribution in [0.15, 0.2) is 0 Å². The molecule has 19 heavy (non-hydrogen) atoms. The van der Waals surface area contributed by atoms with Gasteiger partial charge in [-0.25, -0.2) is 12.7 Å². The minimum Gasteiger partial charge on any atom is -0.305 e. The molecule has 1 aliphatic carbocycles. The summed E-state index contributed by atoms with van der Waals surface area (Å²) in [5.74, 6) is 0.783. The molecule has 1 heterocycles. The van der Waals surface area contributed by atoms with Crippen molar-refractivity contribution in [2.45, 2.75) is 51.0 Å². The molecule has 4 nitrogen and oxygen atoms in total. The van der Waals surface area contributed by atoms with Crippen LogP contribution in [0.4, 0.5) is 0 Å². The largest absolute Gasteiger partial charge is 0.305 e. The van der Waals surface area contributed by atoms with Crippen LogP contribution in [0.1, 0.15) is 44.9 Å². The van der Waals surface area contributed by atoms with Crippen molar-refractivity contribution in [2.24, 2.45) is 5.92 Å². The van der Waals surface area contributed by atoms with Gasteiger partial charge in [0.15, 0.2) is 0 Å². The van der Waals surface area contributed by atoms with Crippen LogP contribution in [0.2, 0.25) is 0 Å². The maximum atomic E-state index is 12.5. The van der Waals surface area contributed by atoms with Crippen LogP contribution in [0, 0.1) is 5.92 Å². The third-order valence-corrected chi connectivity index (χ3v) is 6.67. The smallest absolute Gasteiger partial charge is 0.214 e. The summed E-state index contributed by atoms with van der Waals surface area (Å²) in [6, 6.07) is 0.384. The fourth-order valence-electron chi connectivity index (χ4n) is 3.35. The maximum Gasteiger partial charge on any atom is 0.214 e. The Morgan fingerprint density at radius 1 is 1.05 bits per heavy atom. The lowest BCUT2D eigenvalue weighted by molar-refractivity contribution is 0.189. The second-order valence-electron chi connectivity index (χ2n) is 6.40. The van der Waals surface area contributed by atoms with Gasteiger partial charge < -0.3 is 4.90 Å². The van der Waals surface area contributed by atoms with Gasteiger partial charge in [0.05, 0.1) is 5.75 Å². The first-order valence-corrected chi connectivity index (χ1v) is 9.24. The van der Waals surface area contributed by atoms with Gasteiger partial charge in [0.2, 0.25) is 10.0 Å². The first kappa shape index (κ1) is 15.3. The van der Waals surface area contributed by atoms with Crippen LogP contribution in [-0.4, -0.2) is 56.6 Å². The summed E-state index contributed by atoms with van der Waals surface area (Å²) in [5, 5.41) is 0. The number of piperidine rings is 1. The lowest BCUT2D eigenvalue weighted by Crippen LogP contribution is -2.48. The van der Waals surface area contributed by atoms with E-state index in [9.17, 15) is 8.42 Å². The summed E-state index contributed by atoms with van der Waals surface area (Å²) in [6.45, 7) is 1.40. The van der Waals surface area contributed by atoms with Crippen molar-refractivity contribution < 1.29 is 8.42 Å². The van der Waals surface area contributed by atoms with Crippen molar-refractivity contribution in [1.29, 1.82) is 0 Å². The zero-order valence-corrected chi connectivity index (χ0v) is 13.2. The summed E-state index contributed by atoms with van der Waals surface area (Å²) < 4.78 is 26.8. The Kier molecular flexibility index (Phi) is 5.26. The molecule has 1 saturated carbocycles. The van der Waals surface area contributed by atoms with Gasteiger partial charge in [-0.05, 0) is 45.7 Å². The molecule has 0 aromatic rings. The topological polar surface area (TPSA) is 40.6 Å². The molecule has 2 aliphatic rings. The molecule has 0 aromatic heterocycles. The zero-order chi connectivity index (χ0) is 13.9.